The van der Waals surface area contributed by atoms with Crippen LogP contribution >= 0.6 is 0 Å². The summed E-state index contributed by atoms with van der Waals surface area (Å²) in [5.74, 6) is -1.99. The number of hydrogen-bond donors (Lipinski definition) is 2. The molecule has 1 atom stereocenters. The lowest BCUT2D eigenvalue weighted by Crippen LogP contribution is -2.44. The number of rotatable bonds is 6. The Labute approximate surface area is 128 Å². The van der Waals surface area contributed by atoms with Gasteiger partial charge in [0.05, 0.1) is 0 Å². The minimum absolute atomic E-state index is 0.0464. The Morgan fingerprint density at radius 2 is 2.05 bits per heavy atom. The van der Waals surface area contributed by atoms with Crippen LogP contribution in [-0.4, -0.2) is 66.3 Å². The average molecular weight is 308 g/mol. The molecule has 1 unspecified atom stereocenters. The van der Waals surface area contributed by atoms with Crippen LogP contribution in [0.5, 0.6) is 0 Å². The molecule has 2 fully saturated rings. The highest BCUT2D eigenvalue weighted by Crippen LogP contribution is 2.12. The van der Waals surface area contributed by atoms with Crippen LogP contribution in [0.3, 0.4) is 0 Å². The summed E-state index contributed by atoms with van der Waals surface area (Å²) in [4.78, 5) is 48.6. The van der Waals surface area contributed by atoms with Crippen molar-refractivity contribution in [1.29, 1.82) is 0 Å². The summed E-state index contributed by atoms with van der Waals surface area (Å²) in [6.07, 6.45) is 3.44. The maximum atomic E-state index is 11.9. The SMILES string of the molecule is C=CCN1C(=O)C(=O)N(CC(=O)NCC2CCCNC2)C1=O. The number of hydrogen-bond acceptors (Lipinski definition) is 5. The van der Waals surface area contributed by atoms with Gasteiger partial charge in [-0.05, 0) is 31.8 Å². The van der Waals surface area contributed by atoms with Crippen molar-refractivity contribution in [1.82, 2.24) is 20.4 Å². The molecule has 2 aliphatic rings. The molecule has 5 amide bonds. The van der Waals surface area contributed by atoms with Gasteiger partial charge in [-0.25, -0.2) is 9.69 Å². The minimum atomic E-state index is -0.971. The monoisotopic (exact) mass is 308 g/mol. The molecule has 0 spiro atoms. The lowest BCUT2D eigenvalue weighted by molar-refractivity contribution is -0.143. The summed E-state index contributed by atoms with van der Waals surface area (Å²) in [6.45, 7) is 5.27. The van der Waals surface area contributed by atoms with E-state index in [0.29, 0.717) is 17.4 Å². The van der Waals surface area contributed by atoms with Crippen LogP contribution in [0.25, 0.3) is 0 Å². The molecule has 8 heteroatoms. The number of urea groups is 1. The van der Waals surface area contributed by atoms with E-state index in [0.717, 1.165) is 30.8 Å². The van der Waals surface area contributed by atoms with E-state index in [9.17, 15) is 19.2 Å². The smallest absolute Gasteiger partial charge is 0.335 e. The fourth-order valence-electron chi connectivity index (χ4n) is 2.54. The highest BCUT2D eigenvalue weighted by molar-refractivity contribution is 6.45. The number of carbonyl (C=O) groups is 4. The van der Waals surface area contributed by atoms with E-state index in [1.54, 1.807) is 0 Å². The predicted molar refractivity (Wildman–Crippen MR) is 77.6 cm³/mol. The Balaban J connectivity index is 1.85. The van der Waals surface area contributed by atoms with Gasteiger partial charge >= 0.3 is 17.8 Å². The van der Waals surface area contributed by atoms with Gasteiger partial charge < -0.3 is 10.6 Å². The zero-order chi connectivity index (χ0) is 16.1. The van der Waals surface area contributed by atoms with Crippen LogP contribution in [0.15, 0.2) is 12.7 Å². The van der Waals surface area contributed by atoms with Crippen molar-refractivity contribution in [2.75, 3.05) is 32.7 Å². The lowest BCUT2D eigenvalue weighted by Gasteiger charge is -2.23. The fraction of sp³-hybridized carbons (Fsp3) is 0.571. The first-order valence-electron chi connectivity index (χ1n) is 7.30. The second-order valence-corrected chi connectivity index (χ2v) is 5.39. The molecule has 0 aliphatic carbocycles. The van der Waals surface area contributed by atoms with Crippen molar-refractivity contribution in [2.24, 2.45) is 5.92 Å². The van der Waals surface area contributed by atoms with Crippen molar-refractivity contribution in [3.05, 3.63) is 12.7 Å². The first-order chi connectivity index (χ1) is 10.5. The van der Waals surface area contributed by atoms with Crippen LogP contribution in [0, 0.1) is 5.92 Å². The summed E-state index contributed by atoms with van der Waals surface area (Å²) in [5, 5.41) is 5.95. The number of imide groups is 2. The van der Waals surface area contributed by atoms with Crippen molar-refractivity contribution in [3.63, 3.8) is 0 Å². The Hall–Kier alpha value is -2.22. The molecule has 0 aromatic rings. The Kier molecular flexibility index (Phi) is 5.26. The maximum Gasteiger partial charge on any atom is 0.335 e. The number of piperidine rings is 1. The average Bonchev–Trinajstić information content (AvgIpc) is 2.72. The van der Waals surface area contributed by atoms with Crippen molar-refractivity contribution >= 4 is 23.8 Å². The van der Waals surface area contributed by atoms with Crippen molar-refractivity contribution in [3.8, 4) is 0 Å². The molecule has 0 saturated carbocycles. The summed E-state index contributed by atoms with van der Waals surface area (Å²) < 4.78 is 0. The van der Waals surface area contributed by atoms with E-state index < -0.39 is 30.3 Å². The van der Waals surface area contributed by atoms with Gasteiger partial charge in [-0.15, -0.1) is 6.58 Å². The Morgan fingerprint density at radius 3 is 2.68 bits per heavy atom. The minimum Gasteiger partial charge on any atom is -0.354 e. The standard InChI is InChI=1S/C14H20N4O4/c1-2-6-17-12(20)13(21)18(14(17)22)9-11(19)16-8-10-4-3-5-15-7-10/h2,10,15H,1,3-9H2,(H,16,19). The van der Waals surface area contributed by atoms with Gasteiger partial charge in [0.1, 0.15) is 6.54 Å². The van der Waals surface area contributed by atoms with E-state index in [-0.39, 0.29) is 6.54 Å². The Bertz CT molecular complexity index is 499. The summed E-state index contributed by atoms with van der Waals surface area (Å²) in [5.41, 5.74) is 0. The molecule has 8 nitrogen and oxygen atoms in total. The van der Waals surface area contributed by atoms with E-state index in [1.165, 1.54) is 6.08 Å². The fourth-order valence-corrected chi connectivity index (χ4v) is 2.54. The normalized spacial score (nSPS) is 22.2. The molecular weight excluding hydrogens is 288 g/mol. The molecular formula is C14H20N4O4. The van der Waals surface area contributed by atoms with Crippen LogP contribution < -0.4 is 10.6 Å². The van der Waals surface area contributed by atoms with Gasteiger partial charge in [-0.2, -0.15) is 0 Å². The molecule has 2 rings (SSSR count). The zero-order valence-corrected chi connectivity index (χ0v) is 12.3. The van der Waals surface area contributed by atoms with Gasteiger partial charge in [0.25, 0.3) is 0 Å². The largest absolute Gasteiger partial charge is 0.354 e. The van der Waals surface area contributed by atoms with Gasteiger partial charge in [0, 0.05) is 13.1 Å². The number of nitrogens with zero attached hydrogens (tertiary/aromatic N) is 2. The number of nitrogens with one attached hydrogen (secondary N) is 2. The number of carbonyl (C=O) groups excluding carboxylic acids is 4. The summed E-state index contributed by atoms with van der Waals surface area (Å²) >= 11 is 0. The van der Waals surface area contributed by atoms with Crippen molar-refractivity contribution < 1.29 is 19.2 Å². The molecule has 0 aromatic heterocycles. The van der Waals surface area contributed by atoms with Crippen LogP contribution in [0.2, 0.25) is 0 Å². The topological polar surface area (TPSA) is 98.8 Å². The zero-order valence-electron chi connectivity index (χ0n) is 12.3. The van der Waals surface area contributed by atoms with Crippen molar-refractivity contribution in [2.45, 2.75) is 12.8 Å². The van der Waals surface area contributed by atoms with E-state index in [4.69, 9.17) is 0 Å². The molecule has 120 valence electrons. The summed E-state index contributed by atoms with van der Waals surface area (Å²) in [6, 6.07) is -0.774. The third kappa shape index (κ3) is 3.51. The van der Waals surface area contributed by atoms with E-state index >= 15 is 0 Å². The molecule has 0 aromatic carbocycles. The van der Waals surface area contributed by atoms with Gasteiger partial charge in [-0.1, -0.05) is 6.08 Å². The maximum absolute atomic E-state index is 11.9. The first-order valence-corrected chi connectivity index (χ1v) is 7.30. The molecule has 22 heavy (non-hydrogen) atoms. The summed E-state index contributed by atoms with van der Waals surface area (Å²) in [7, 11) is 0. The second kappa shape index (κ2) is 7.17. The van der Waals surface area contributed by atoms with E-state index in [1.807, 2.05) is 0 Å². The molecule has 0 radical (unpaired) electrons. The van der Waals surface area contributed by atoms with Crippen LogP contribution in [0.1, 0.15) is 12.8 Å². The lowest BCUT2D eigenvalue weighted by atomic mass is 10.00. The number of amides is 5. The van der Waals surface area contributed by atoms with Crippen LogP contribution in [0.4, 0.5) is 4.79 Å². The first kappa shape index (κ1) is 16.2. The molecule has 2 aliphatic heterocycles. The predicted octanol–water partition coefficient (Wildman–Crippen LogP) is -0.921. The van der Waals surface area contributed by atoms with Gasteiger partial charge in [-0.3, -0.25) is 19.3 Å². The highest BCUT2D eigenvalue weighted by atomic mass is 16.2. The molecule has 2 saturated heterocycles. The molecule has 2 N–H and O–H groups in total. The van der Waals surface area contributed by atoms with Gasteiger partial charge in [0.15, 0.2) is 0 Å². The third-order valence-corrected chi connectivity index (χ3v) is 3.74. The molecule has 0 bridgehead atoms. The molecule has 2 heterocycles. The third-order valence-electron chi connectivity index (χ3n) is 3.74. The van der Waals surface area contributed by atoms with E-state index in [2.05, 4.69) is 17.2 Å². The highest BCUT2D eigenvalue weighted by Gasteiger charge is 2.44. The van der Waals surface area contributed by atoms with Crippen LogP contribution in [-0.2, 0) is 14.4 Å². The quantitative estimate of drug-likeness (QED) is 0.376. The Morgan fingerprint density at radius 1 is 1.32 bits per heavy atom. The van der Waals surface area contributed by atoms with Gasteiger partial charge in [0.2, 0.25) is 5.91 Å². The second-order valence-electron chi connectivity index (χ2n) is 5.39.